The van der Waals surface area contributed by atoms with Crippen LogP contribution in [0.1, 0.15) is 25.3 Å². The summed E-state index contributed by atoms with van der Waals surface area (Å²) in [7, 11) is 0. The molecule has 1 atom stereocenters. The van der Waals surface area contributed by atoms with Gasteiger partial charge in [0, 0.05) is 6.54 Å². The van der Waals surface area contributed by atoms with Gasteiger partial charge in [-0.3, -0.25) is 0 Å². The van der Waals surface area contributed by atoms with Crippen LogP contribution in [0.4, 0.5) is 0 Å². The number of hydrogen-bond acceptors (Lipinski definition) is 4. The Balaban J connectivity index is 1.76. The van der Waals surface area contributed by atoms with Crippen LogP contribution in [0.15, 0.2) is 18.2 Å². The van der Waals surface area contributed by atoms with Crippen LogP contribution in [-0.2, 0) is 6.54 Å². The van der Waals surface area contributed by atoms with Crippen molar-refractivity contribution in [3.8, 4) is 11.5 Å². The fraction of sp³-hybridized carbons (Fsp3) is 0.538. The summed E-state index contributed by atoms with van der Waals surface area (Å²) in [5.74, 6) is 1.63. The largest absolute Gasteiger partial charge is 0.454 e. The van der Waals surface area contributed by atoms with E-state index in [4.69, 9.17) is 9.47 Å². The molecule has 0 aliphatic carbocycles. The lowest BCUT2D eigenvalue weighted by Gasteiger charge is -2.09. The number of ether oxygens (including phenoxy) is 2. The predicted octanol–water partition coefficient (Wildman–Crippen LogP) is 1.67. The molecule has 0 saturated carbocycles. The van der Waals surface area contributed by atoms with Crippen LogP contribution in [0.2, 0.25) is 0 Å². The first kappa shape index (κ1) is 12.2. The van der Waals surface area contributed by atoms with Crippen molar-refractivity contribution in [1.29, 1.82) is 0 Å². The minimum Gasteiger partial charge on any atom is -0.454 e. The summed E-state index contributed by atoms with van der Waals surface area (Å²) < 4.78 is 10.6. The van der Waals surface area contributed by atoms with Crippen molar-refractivity contribution in [2.45, 2.75) is 32.4 Å². The first-order chi connectivity index (χ1) is 8.29. The summed E-state index contributed by atoms with van der Waals surface area (Å²) in [5, 5.41) is 12.7. The second kappa shape index (κ2) is 5.89. The monoisotopic (exact) mass is 237 g/mol. The lowest BCUT2D eigenvalue weighted by molar-refractivity contribution is 0.159. The van der Waals surface area contributed by atoms with Crippen molar-refractivity contribution in [2.75, 3.05) is 13.3 Å². The van der Waals surface area contributed by atoms with Gasteiger partial charge in [-0.25, -0.2) is 0 Å². The molecule has 0 saturated heterocycles. The van der Waals surface area contributed by atoms with Crippen molar-refractivity contribution < 1.29 is 14.6 Å². The van der Waals surface area contributed by atoms with Gasteiger partial charge >= 0.3 is 0 Å². The van der Waals surface area contributed by atoms with Gasteiger partial charge in [0.2, 0.25) is 6.79 Å². The van der Waals surface area contributed by atoms with Crippen LogP contribution in [0.3, 0.4) is 0 Å². The molecule has 0 spiro atoms. The Morgan fingerprint density at radius 3 is 3.00 bits per heavy atom. The Morgan fingerprint density at radius 1 is 1.35 bits per heavy atom. The van der Waals surface area contributed by atoms with Gasteiger partial charge in [0.1, 0.15) is 0 Å². The zero-order chi connectivity index (χ0) is 12.1. The number of rotatable bonds is 6. The molecule has 4 nitrogen and oxygen atoms in total. The maximum Gasteiger partial charge on any atom is 0.231 e. The third-order valence-electron chi connectivity index (χ3n) is 2.89. The Kier molecular flexibility index (Phi) is 4.23. The van der Waals surface area contributed by atoms with E-state index in [-0.39, 0.29) is 6.10 Å². The molecule has 0 radical (unpaired) electrons. The molecule has 0 amide bonds. The normalized spacial score (nSPS) is 14.9. The summed E-state index contributed by atoms with van der Waals surface area (Å²) in [6.45, 7) is 3.91. The highest BCUT2D eigenvalue weighted by atomic mass is 16.7. The summed E-state index contributed by atoms with van der Waals surface area (Å²) in [6, 6.07) is 5.95. The van der Waals surface area contributed by atoms with Gasteiger partial charge in [-0.1, -0.05) is 13.0 Å². The quantitative estimate of drug-likeness (QED) is 0.739. The number of aliphatic hydroxyl groups is 1. The van der Waals surface area contributed by atoms with Gasteiger partial charge in [0.15, 0.2) is 11.5 Å². The van der Waals surface area contributed by atoms with E-state index in [2.05, 4.69) is 5.32 Å². The van der Waals surface area contributed by atoms with Crippen LogP contribution in [0.5, 0.6) is 11.5 Å². The average molecular weight is 237 g/mol. The minimum atomic E-state index is -0.195. The molecule has 1 aromatic rings. The predicted molar refractivity (Wildman–Crippen MR) is 65.2 cm³/mol. The fourth-order valence-electron chi connectivity index (χ4n) is 1.76. The second-order valence-corrected chi connectivity index (χ2v) is 4.22. The van der Waals surface area contributed by atoms with E-state index in [1.807, 2.05) is 25.1 Å². The topological polar surface area (TPSA) is 50.7 Å². The third-order valence-corrected chi connectivity index (χ3v) is 2.89. The van der Waals surface area contributed by atoms with Gasteiger partial charge < -0.3 is 19.9 Å². The molecular weight excluding hydrogens is 218 g/mol. The molecule has 0 fully saturated rings. The first-order valence-electron chi connectivity index (χ1n) is 6.07. The summed E-state index contributed by atoms with van der Waals surface area (Å²) in [5.41, 5.74) is 1.17. The lowest BCUT2D eigenvalue weighted by Crippen LogP contribution is -2.19. The van der Waals surface area contributed by atoms with Crippen LogP contribution in [-0.4, -0.2) is 24.5 Å². The van der Waals surface area contributed by atoms with Crippen molar-refractivity contribution in [2.24, 2.45) is 0 Å². The molecule has 1 aliphatic heterocycles. The Labute approximate surface area is 102 Å². The zero-order valence-corrected chi connectivity index (χ0v) is 10.1. The van der Waals surface area contributed by atoms with Gasteiger partial charge in [-0.05, 0) is 37.1 Å². The van der Waals surface area contributed by atoms with Gasteiger partial charge in [0.25, 0.3) is 0 Å². The van der Waals surface area contributed by atoms with Gasteiger partial charge in [-0.15, -0.1) is 0 Å². The highest BCUT2D eigenvalue weighted by molar-refractivity contribution is 5.44. The molecular formula is C13H19NO3. The van der Waals surface area contributed by atoms with Crippen LogP contribution in [0, 0.1) is 0 Å². The zero-order valence-electron chi connectivity index (χ0n) is 10.1. The fourth-order valence-corrected chi connectivity index (χ4v) is 1.76. The van der Waals surface area contributed by atoms with Crippen molar-refractivity contribution >= 4 is 0 Å². The van der Waals surface area contributed by atoms with Gasteiger partial charge in [-0.2, -0.15) is 0 Å². The van der Waals surface area contributed by atoms with E-state index in [1.54, 1.807) is 0 Å². The van der Waals surface area contributed by atoms with E-state index >= 15 is 0 Å². The second-order valence-electron chi connectivity index (χ2n) is 4.22. The molecule has 94 valence electrons. The average Bonchev–Trinajstić information content (AvgIpc) is 2.81. The number of aliphatic hydroxyl groups excluding tert-OH is 1. The summed E-state index contributed by atoms with van der Waals surface area (Å²) >= 11 is 0. The minimum absolute atomic E-state index is 0.195. The van der Waals surface area contributed by atoms with Crippen molar-refractivity contribution in [1.82, 2.24) is 5.32 Å². The standard InChI is InChI=1S/C13H19NO3/c1-2-11(15)5-6-14-8-10-3-4-12-13(7-10)17-9-16-12/h3-4,7,11,14-15H,2,5-6,8-9H2,1H3. The SMILES string of the molecule is CCC(O)CCNCc1ccc2c(c1)OCO2. The molecule has 1 heterocycles. The maximum absolute atomic E-state index is 9.41. The lowest BCUT2D eigenvalue weighted by atomic mass is 10.2. The number of nitrogens with one attached hydrogen (secondary N) is 1. The molecule has 1 aromatic carbocycles. The maximum atomic E-state index is 9.41. The Morgan fingerprint density at radius 2 is 2.18 bits per heavy atom. The molecule has 2 N–H and O–H groups in total. The molecule has 2 rings (SSSR count). The smallest absolute Gasteiger partial charge is 0.231 e. The highest BCUT2D eigenvalue weighted by Crippen LogP contribution is 2.32. The van der Waals surface area contributed by atoms with E-state index in [0.29, 0.717) is 6.79 Å². The Hall–Kier alpha value is -1.26. The number of fused-ring (bicyclic) bond motifs is 1. The van der Waals surface area contributed by atoms with Crippen molar-refractivity contribution in [3.05, 3.63) is 23.8 Å². The molecule has 4 heteroatoms. The summed E-state index contributed by atoms with van der Waals surface area (Å²) in [6.07, 6.45) is 1.41. The molecule has 0 aromatic heterocycles. The number of benzene rings is 1. The molecule has 1 aliphatic rings. The Bertz CT molecular complexity index is 368. The molecule has 0 bridgehead atoms. The third kappa shape index (κ3) is 3.35. The summed E-state index contributed by atoms with van der Waals surface area (Å²) in [4.78, 5) is 0. The first-order valence-corrected chi connectivity index (χ1v) is 6.07. The van der Waals surface area contributed by atoms with Gasteiger partial charge in [0.05, 0.1) is 6.10 Å². The van der Waals surface area contributed by atoms with Crippen LogP contribution < -0.4 is 14.8 Å². The van der Waals surface area contributed by atoms with E-state index in [1.165, 1.54) is 5.56 Å². The van der Waals surface area contributed by atoms with Crippen LogP contribution in [0.25, 0.3) is 0 Å². The molecule has 17 heavy (non-hydrogen) atoms. The highest BCUT2D eigenvalue weighted by Gasteiger charge is 2.12. The van der Waals surface area contributed by atoms with Crippen LogP contribution >= 0.6 is 0 Å². The van der Waals surface area contributed by atoms with Crippen molar-refractivity contribution in [3.63, 3.8) is 0 Å². The number of hydrogen-bond donors (Lipinski definition) is 2. The van der Waals surface area contributed by atoms with E-state index < -0.39 is 0 Å². The van der Waals surface area contributed by atoms with E-state index in [9.17, 15) is 5.11 Å². The van der Waals surface area contributed by atoms with E-state index in [0.717, 1.165) is 37.4 Å². The molecule has 1 unspecified atom stereocenters.